The second kappa shape index (κ2) is 4.31. The molecule has 3 rings (SSSR count). The van der Waals surface area contributed by atoms with E-state index in [1.807, 2.05) is 6.07 Å². The van der Waals surface area contributed by atoms with Crippen molar-refractivity contribution in [1.29, 1.82) is 0 Å². The van der Waals surface area contributed by atoms with E-state index >= 15 is 0 Å². The Hall–Kier alpha value is -2.50. The molecule has 0 aliphatic carbocycles. The topological polar surface area (TPSA) is 81.1 Å². The third-order valence-electron chi connectivity index (χ3n) is 3.23. The van der Waals surface area contributed by atoms with Gasteiger partial charge in [0.05, 0.1) is 11.6 Å². The SMILES string of the molecule is O=C1CC[C@@H](n2ncc3ccccc3c2=O)C(=O)N1. The minimum absolute atomic E-state index is 0.220. The van der Waals surface area contributed by atoms with Crippen molar-refractivity contribution in [2.24, 2.45) is 0 Å². The molecule has 1 aliphatic rings. The molecular formula is C13H11N3O3. The van der Waals surface area contributed by atoms with Crippen LogP contribution in [0.3, 0.4) is 0 Å². The average molecular weight is 257 g/mol. The number of carbonyl (C=O) groups is 2. The first-order chi connectivity index (χ1) is 9.16. The van der Waals surface area contributed by atoms with Crippen LogP contribution in [0.5, 0.6) is 0 Å². The normalized spacial score (nSPS) is 19.5. The predicted octanol–water partition coefficient (Wildman–Crippen LogP) is 0.374. The summed E-state index contributed by atoms with van der Waals surface area (Å²) in [5.41, 5.74) is -0.312. The summed E-state index contributed by atoms with van der Waals surface area (Å²) in [4.78, 5) is 35.2. The first-order valence-electron chi connectivity index (χ1n) is 5.97. The lowest BCUT2D eigenvalue weighted by Crippen LogP contribution is -2.45. The molecule has 2 aromatic rings. The number of carbonyl (C=O) groups excluding carboxylic acids is 2. The molecule has 0 radical (unpaired) electrons. The Labute approximate surface area is 108 Å². The van der Waals surface area contributed by atoms with Gasteiger partial charge in [0.2, 0.25) is 5.91 Å². The van der Waals surface area contributed by atoms with Crippen LogP contribution in [-0.2, 0) is 9.59 Å². The zero-order valence-corrected chi connectivity index (χ0v) is 10.00. The Kier molecular flexibility index (Phi) is 2.63. The molecule has 0 saturated carbocycles. The second-order valence-electron chi connectivity index (χ2n) is 4.45. The van der Waals surface area contributed by atoms with Gasteiger partial charge in [0.25, 0.3) is 11.5 Å². The van der Waals surface area contributed by atoms with Gasteiger partial charge in [-0.25, -0.2) is 4.68 Å². The minimum atomic E-state index is -0.713. The van der Waals surface area contributed by atoms with Crippen LogP contribution < -0.4 is 10.9 Å². The van der Waals surface area contributed by atoms with Crippen molar-refractivity contribution in [2.75, 3.05) is 0 Å². The highest BCUT2D eigenvalue weighted by atomic mass is 16.2. The number of amides is 2. The first kappa shape index (κ1) is 11.6. The van der Waals surface area contributed by atoms with Crippen LogP contribution in [0.4, 0.5) is 0 Å². The highest BCUT2D eigenvalue weighted by molar-refractivity contribution is 5.99. The van der Waals surface area contributed by atoms with Gasteiger partial charge >= 0.3 is 0 Å². The first-order valence-corrected chi connectivity index (χ1v) is 5.97. The molecule has 1 saturated heterocycles. The van der Waals surface area contributed by atoms with Gasteiger partial charge in [-0.1, -0.05) is 18.2 Å². The van der Waals surface area contributed by atoms with E-state index in [4.69, 9.17) is 0 Å². The van der Waals surface area contributed by atoms with Gasteiger partial charge in [0.15, 0.2) is 0 Å². The number of aromatic nitrogens is 2. The number of nitrogens with one attached hydrogen (secondary N) is 1. The summed E-state index contributed by atoms with van der Waals surface area (Å²) in [7, 11) is 0. The Morgan fingerprint density at radius 2 is 2.00 bits per heavy atom. The van der Waals surface area contributed by atoms with Gasteiger partial charge in [-0.05, 0) is 12.5 Å². The van der Waals surface area contributed by atoms with E-state index in [0.29, 0.717) is 11.8 Å². The molecule has 2 heterocycles. The molecule has 6 heteroatoms. The van der Waals surface area contributed by atoms with Gasteiger partial charge in [-0.3, -0.25) is 19.7 Å². The zero-order chi connectivity index (χ0) is 13.4. The third kappa shape index (κ3) is 1.91. The maximum absolute atomic E-state index is 12.3. The van der Waals surface area contributed by atoms with E-state index in [-0.39, 0.29) is 17.9 Å². The number of benzene rings is 1. The van der Waals surface area contributed by atoms with Crippen LogP contribution in [0, 0.1) is 0 Å². The van der Waals surface area contributed by atoms with Gasteiger partial charge in [-0.15, -0.1) is 0 Å². The van der Waals surface area contributed by atoms with E-state index in [1.54, 1.807) is 24.4 Å². The zero-order valence-electron chi connectivity index (χ0n) is 10.00. The molecule has 1 aromatic heterocycles. The average Bonchev–Trinajstić information content (AvgIpc) is 2.41. The summed E-state index contributed by atoms with van der Waals surface area (Å²) in [5, 5.41) is 7.51. The summed E-state index contributed by atoms with van der Waals surface area (Å²) in [6.07, 6.45) is 2.08. The maximum atomic E-state index is 12.3. The summed E-state index contributed by atoms with van der Waals surface area (Å²) in [6, 6.07) is 6.35. The standard InChI is InChI=1S/C13H11N3O3/c17-11-6-5-10(12(18)15-11)16-13(19)9-4-2-1-3-8(9)7-14-16/h1-4,7,10H,5-6H2,(H,15,17,18)/t10-/m1/s1. The lowest BCUT2D eigenvalue weighted by atomic mass is 10.1. The van der Waals surface area contributed by atoms with Crippen molar-refractivity contribution in [1.82, 2.24) is 15.1 Å². The highest BCUT2D eigenvalue weighted by Crippen LogP contribution is 2.16. The number of imide groups is 1. The Morgan fingerprint density at radius 3 is 2.79 bits per heavy atom. The van der Waals surface area contributed by atoms with Crippen LogP contribution >= 0.6 is 0 Å². The minimum Gasteiger partial charge on any atom is -0.295 e. The van der Waals surface area contributed by atoms with Crippen molar-refractivity contribution in [3.05, 3.63) is 40.8 Å². The number of hydrogen-bond donors (Lipinski definition) is 1. The maximum Gasteiger partial charge on any atom is 0.275 e. The fourth-order valence-corrected chi connectivity index (χ4v) is 2.24. The van der Waals surface area contributed by atoms with Crippen LogP contribution in [0.25, 0.3) is 10.8 Å². The molecule has 1 aliphatic heterocycles. The second-order valence-corrected chi connectivity index (χ2v) is 4.45. The van der Waals surface area contributed by atoms with Crippen molar-refractivity contribution in [2.45, 2.75) is 18.9 Å². The Bertz CT molecular complexity index is 735. The van der Waals surface area contributed by atoms with E-state index in [0.717, 1.165) is 10.1 Å². The number of nitrogens with zero attached hydrogens (tertiary/aromatic N) is 2. The summed E-state index contributed by atoms with van der Waals surface area (Å²) in [6.45, 7) is 0. The van der Waals surface area contributed by atoms with Gasteiger partial charge in [0.1, 0.15) is 6.04 Å². The van der Waals surface area contributed by atoms with Gasteiger partial charge in [-0.2, -0.15) is 5.10 Å². The van der Waals surface area contributed by atoms with Crippen LogP contribution in [0.15, 0.2) is 35.3 Å². The quantitative estimate of drug-likeness (QED) is 0.748. The van der Waals surface area contributed by atoms with Gasteiger partial charge in [0, 0.05) is 11.8 Å². The number of hydrogen-bond acceptors (Lipinski definition) is 4. The summed E-state index contributed by atoms with van der Waals surface area (Å²) >= 11 is 0. The largest absolute Gasteiger partial charge is 0.295 e. The number of fused-ring (bicyclic) bond motifs is 1. The molecule has 0 spiro atoms. The Balaban J connectivity index is 2.11. The molecule has 96 valence electrons. The molecule has 19 heavy (non-hydrogen) atoms. The summed E-state index contributed by atoms with van der Waals surface area (Å²) in [5.74, 6) is -0.781. The van der Waals surface area contributed by atoms with Crippen LogP contribution in [-0.4, -0.2) is 21.6 Å². The van der Waals surface area contributed by atoms with Crippen molar-refractivity contribution < 1.29 is 9.59 Å². The molecule has 1 fully saturated rings. The van der Waals surface area contributed by atoms with Gasteiger partial charge < -0.3 is 0 Å². The third-order valence-corrected chi connectivity index (χ3v) is 3.23. The van der Waals surface area contributed by atoms with Crippen LogP contribution in [0.1, 0.15) is 18.9 Å². The molecule has 1 aromatic carbocycles. The number of piperidine rings is 1. The van der Waals surface area contributed by atoms with Crippen molar-refractivity contribution in [3.63, 3.8) is 0 Å². The van der Waals surface area contributed by atoms with E-state index in [2.05, 4.69) is 10.4 Å². The van der Waals surface area contributed by atoms with Crippen LogP contribution in [0.2, 0.25) is 0 Å². The molecule has 6 nitrogen and oxygen atoms in total. The lowest BCUT2D eigenvalue weighted by Gasteiger charge is -2.21. The summed E-state index contributed by atoms with van der Waals surface area (Å²) < 4.78 is 1.16. The molecule has 1 N–H and O–H groups in total. The highest BCUT2D eigenvalue weighted by Gasteiger charge is 2.29. The monoisotopic (exact) mass is 257 g/mol. The molecule has 2 amide bonds. The van der Waals surface area contributed by atoms with E-state index < -0.39 is 11.9 Å². The fraction of sp³-hybridized carbons (Fsp3) is 0.231. The Morgan fingerprint density at radius 1 is 1.21 bits per heavy atom. The molecular weight excluding hydrogens is 246 g/mol. The molecule has 1 atom stereocenters. The lowest BCUT2D eigenvalue weighted by molar-refractivity contribution is -0.136. The smallest absolute Gasteiger partial charge is 0.275 e. The molecule has 0 bridgehead atoms. The van der Waals surface area contributed by atoms with E-state index in [9.17, 15) is 14.4 Å². The number of rotatable bonds is 1. The fourth-order valence-electron chi connectivity index (χ4n) is 2.24. The predicted molar refractivity (Wildman–Crippen MR) is 67.4 cm³/mol. The van der Waals surface area contributed by atoms with Crippen molar-refractivity contribution in [3.8, 4) is 0 Å². The van der Waals surface area contributed by atoms with Crippen molar-refractivity contribution >= 4 is 22.6 Å². The van der Waals surface area contributed by atoms with E-state index in [1.165, 1.54) is 0 Å². The molecule has 0 unspecified atom stereocenters.